The van der Waals surface area contributed by atoms with E-state index in [1.54, 1.807) is 7.05 Å². The van der Waals surface area contributed by atoms with Crippen LogP contribution in [0.25, 0.3) is 0 Å². The van der Waals surface area contributed by atoms with Gasteiger partial charge >= 0.3 is 51.4 Å². The number of ketones is 1. The SMILES string of the molecule is CNCC(=O)C1C[C@H](O)CC2C[C@H](O)C3C(CC[C@@]4(C)C3CC[C@@H]4[C@H](C)CCC(=O)[O-])[C@]21C.[K+]. The summed E-state index contributed by atoms with van der Waals surface area (Å²) in [6.45, 7) is 7.20. The molecule has 0 heterocycles. The number of carboxylic acids is 1. The molecule has 188 valence electrons. The normalized spacial score (nSPS) is 46.4. The van der Waals surface area contributed by atoms with Gasteiger partial charge in [-0.05, 0) is 111 Å². The standard InChI is InChI=1S/C27H45NO5.K/c1-15(5-8-24(32)33)18-6-7-19-25-20(9-10-26(18,19)2)27(3)16(12-22(25)30)11-17(29)13-21(27)23(31)14-28-4;/h15-22,25,28-30H,5-14H2,1-4H3,(H,32,33);/q;+1/p-1/t15-,16?,17-,18-,19?,20?,21?,22+,25?,26-,27+;/m1./s1. The second kappa shape index (κ2) is 11.2. The molecule has 7 heteroatoms. The largest absolute Gasteiger partial charge is 1.00 e. The van der Waals surface area contributed by atoms with Crippen LogP contribution in [-0.2, 0) is 9.59 Å². The summed E-state index contributed by atoms with van der Waals surface area (Å²) in [7, 11) is 1.80. The summed E-state index contributed by atoms with van der Waals surface area (Å²) in [6.07, 6.45) is 6.06. The predicted octanol–water partition coefficient (Wildman–Crippen LogP) is -0.838. The molecule has 4 saturated carbocycles. The van der Waals surface area contributed by atoms with Gasteiger partial charge < -0.3 is 25.4 Å². The van der Waals surface area contributed by atoms with Crippen LogP contribution in [0.5, 0.6) is 0 Å². The average Bonchev–Trinajstić information content (AvgIpc) is 3.10. The summed E-state index contributed by atoms with van der Waals surface area (Å²) >= 11 is 0. The molecule has 3 N–H and O–H groups in total. The topological polar surface area (TPSA) is 110 Å². The number of carbonyl (C=O) groups excluding carboxylic acids is 2. The molecule has 0 aromatic carbocycles. The van der Waals surface area contributed by atoms with Crippen molar-refractivity contribution in [1.29, 1.82) is 0 Å². The molecule has 6 nitrogen and oxygen atoms in total. The Bertz CT molecular complexity index is 763. The molecule has 0 aliphatic heterocycles. The Kier molecular flexibility index (Phi) is 9.61. The number of likely N-dealkylation sites (N-methyl/N-ethyl adjacent to an activating group) is 1. The van der Waals surface area contributed by atoms with Crippen molar-refractivity contribution in [3.63, 3.8) is 0 Å². The number of rotatable bonds is 7. The van der Waals surface area contributed by atoms with Crippen LogP contribution in [0.4, 0.5) is 0 Å². The maximum Gasteiger partial charge on any atom is 1.00 e. The number of Topliss-reactive ketones (excluding diaryl/α,β-unsaturated/α-hetero) is 1. The quantitative estimate of drug-likeness (QED) is 0.393. The minimum atomic E-state index is -0.969. The van der Waals surface area contributed by atoms with Gasteiger partial charge in [-0.1, -0.05) is 20.8 Å². The molecular formula is C27H44KNO5. The van der Waals surface area contributed by atoms with Crippen LogP contribution in [0.15, 0.2) is 0 Å². The van der Waals surface area contributed by atoms with Crippen molar-refractivity contribution in [2.75, 3.05) is 13.6 Å². The van der Waals surface area contributed by atoms with E-state index in [4.69, 9.17) is 0 Å². The van der Waals surface area contributed by atoms with Gasteiger partial charge in [-0.3, -0.25) is 4.79 Å². The fourth-order valence-corrected chi connectivity index (χ4v) is 9.60. The number of nitrogens with one attached hydrogen (secondary N) is 1. The zero-order valence-electron chi connectivity index (χ0n) is 21.9. The average molecular weight is 502 g/mol. The van der Waals surface area contributed by atoms with Gasteiger partial charge in [0.05, 0.1) is 18.8 Å². The third kappa shape index (κ3) is 4.91. The van der Waals surface area contributed by atoms with E-state index in [2.05, 4.69) is 26.1 Å². The molecule has 0 amide bonds. The van der Waals surface area contributed by atoms with E-state index in [1.807, 2.05) is 0 Å². The summed E-state index contributed by atoms with van der Waals surface area (Å²) < 4.78 is 0. The van der Waals surface area contributed by atoms with Crippen molar-refractivity contribution in [2.24, 2.45) is 52.3 Å². The summed E-state index contributed by atoms with van der Waals surface area (Å²) in [5.41, 5.74) is -0.0770. The van der Waals surface area contributed by atoms with E-state index < -0.39 is 12.1 Å². The predicted molar refractivity (Wildman–Crippen MR) is 124 cm³/mol. The van der Waals surface area contributed by atoms with E-state index in [9.17, 15) is 24.9 Å². The van der Waals surface area contributed by atoms with Crippen molar-refractivity contribution in [1.82, 2.24) is 5.32 Å². The first-order valence-corrected chi connectivity index (χ1v) is 13.3. The minimum Gasteiger partial charge on any atom is -0.550 e. The summed E-state index contributed by atoms with van der Waals surface area (Å²) in [5, 5.41) is 36.1. The zero-order chi connectivity index (χ0) is 24.1. The van der Waals surface area contributed by atoms with Gasteiger partial charge in [0.25, 0.3) is 0 Å². The van der Waals surface area contributed by atoms with Crippen LogP contribution in [0.2, 0.25) is 0 Å². The van der Waals surface area contributed by atoms with Gasteiger partial charge in [-0.25, -0.2) is 0 Å². The molecule has 5 unspecified atom stereocenters. The van der Waals surface area contributed by atoms with E-state index in [1.165, 1.54) is 0 Å². The van der Waals surface area contributed by atoms with Gasteiger partial charge in [0.2, 0.25) is 0 Å². The Balaban J connectivity index is 0.00000324. The van der Waals surface area contributed by atoms with Crippen LogP contribution in [-0.4, -0.2) is 47.8 Å². The van der Waals surface area contributed by atoms with Crippen molar-refractivity contribution in [3.05, 3.63) is 0 Å². The van der Waals surface area contributed by atoms with Crippen LogP contribution in [0.1, 0.15) is 78.6 Å². The number of carbonyl (C=O) groups is 2. The summed E-state index contributed by atoms with van der Waals surface area (Å²) in [5.74, 6) is 0.920. The van der Waals surface area contributed by atoms with E-state index in [0.717, 1.165) is 25.7 Å². The third-order valence-corrected chi connectivity index (χ3v) is 11.1. The van der Waals surface area contributed by atoms with Crippen LogP contribution >= 0.6 is 0 Å². The first-order chi connectivity index (χ1) is 15.5. The monoisotopic (exact) mass is 501 g/mol. The molecule has 4 fully saturated rings. The molecule has 11 atom stereocenters. The Morgan fingerprint density at radius 1 is 1.09 bits per heavy atom. The number of carboxylic acid groups (broad SMARTS) is 1. The molecule has 0 saturated heterocycles. The molecule has 4 aliphatic carbocycles. The molecule has 0 radical (unpaired) electrons. The van der Waals surface area contributed by atoms with Gasteiger partial charge in [0.1, 0.15) is 5.78 Å². The van der Waals surface area contributed by atoms with Crippen molar-refractivity contribution >= 4 is 11.8 Å². The van der Waals surface area contributed by atoms with Crippen LogP contribution in [0.3, 0.4) is 0 Å². The van der Waals surface area contributed by atoms with E-state index >= 15 is 0 Å². The molecule has 4 aliphatic rings. The first-order valence-electron chi connectivity index (χ1n) is 13.3. The van der Waals surface area contributed by atoms with Gasteiger partial charge in [-0.2, -0.15) is 0 Å². The van der Waals surface area contributed by atoms with Crippen molar-refractivity contribution < 1.29 is 76.3 Å². The fourth-order valence-electron chi connectivity index (χ4n) is 9.60. The van der Waals surface area contributed by atoms with Gasteiger partial charge in [-0.15, -0.1) is 0 Å². The van der Waals surface area contributed by atoms with E-state index in [0.29, 0.717) is 55.9 Å². The maximum absolute atomic E-state index is 13.2. The van der Waals surface area contributed by atoms with Crippen molar-refractivity contribution in [3.8, 4) is 0 Å². The Hall–Kier alpha value is 0.656. The number of aliphatic carboxylic acids is 1. The first kappa shape index (κ1) is 29.2. The van der Waals surface area contributed by atoms with Crippen LogP contribution < -0.4 is 61.8 Å². The Labute approximate surface area is 247 Å². The number of aliphatic hydroxyl groups excluding tert-OH is 2. The summed E-state index contributed by atoms with van der Waals surface area (Å²) in [6, 6.07) is 0. The second-order valence-corrected chi connectivity index (χ2v) is 12.4. The Morgan fingerprint density at radius 3 is 2.44 bits per heavy atom. The number of hydrogen-bond acceptors (Lipinski definition) is 6. The molecule has 0 spiro atoms. The second-order valence-electron chi connectivity index (χ2n) is 12.4. The number of aliphatic hydroxyl groups is 2. The number of fused-ring (bicyclic) bond motifs is 5. The molecular weight excluding hydrogens is 457 g/mol. The molecule has 0 aromatic heterocycles. The Morgan fingerprint density at radius 2 is 1.79 bits per heavy atom. The number of hydrogen-bond donors (Lipinski definition) is 3. The third-order valence-electron chi connectivity index (χ3n) is 11.1. The van der Waals surface area contributed by atoms with E-state index in [-0.39, 0.29) is 98.3 Å². The molecule has 4 rings (SSSR count). The zero-order valence-corrected chi connectivity index (χ0v) is 25.0. The van der Waals surface area contributed by atoms with Crippen LogP contribution in [0, 0.1) is 52.3 Å². The van der Waals surface area contributed by atoms with Gasteiger partial charge in [0.15, 0.2) is 0 Å². The molecule has 0 bridgehead atoms. The maximum atomic E-state index is 13.2. The molecule has 34 heavy (non-hydrogen) atoms. The minimum absolute atomic E-state index is 0. The summed E-state index contributed by atoms with van der Waals surface area (Å²) in [4.78, 5) is 24.3. The van der Waals surface area contributed by atoms with Gasteiger partial charge in [0, 0.05) is 11.9 Å². The molecule has 0 aromatic rings. The smallest absolute Gasteiger partial charge is 0.550 e. The van der Waals surface area contributed by atoms with Crippen molar-refractivity contribution in [2.45, 2.75) is 90.8 Å². The fraction of sp³-hybridized carbons (Fsp3) is 0.926.